The van der Waals surface area contributed by atoms with Crippen molar-refractivity contribution < 1.29 is 32.5 Å². The number of fused-ring (bicyclic) bond motifs is 1. The smallest absolute Gasteiger partial charge is 0.268 e. The Kier molecular flexibility index (Phi) is 8.53. The largest absolute Gasteiger partial charge is 0.485 e. The van der Waals surface area contributed by atoms with Crippen LogP contribution in [0.4, 0.5) is 14.5 Å². The van der Waals surface area contributed by atoms with Crippen molar-refractivity contribution in [1.29, 1.82) is 0 Å². The highest BCUT2D eigenvalue weighted by molar-refractivity contribution is 6.04. The van der Waals surface area contributed by atoms with Crippen LogP contribution >= 0.6 is 0 Å². The van der Waals surface area contributed by atoms with E-state index >= 15 is 4.39 Å². The molecule has 0 aliphatic carbocycles. The molecular weight excluding hydrogens is 564 g/mol. The van der Waals surface area contributed by atoms with E-state index in [1.54, 1.807) is 26.2 Å². The molecule has 0 spiro atoms. The molecule has 5 rings (SSSR count). The van der Waals surface area contributed by atoms with Crippen LogP contribution in [0.25, 0.3) is 16.7 Å². The van der Waals surface area contributed by atoms with E-state index in [1.807, 2.05) is 0 Å². The summed E-state index contributed by atoms with van der Waals surface area (Å²) in [5, 5.41) is 2.52. The van der Waals surface area contributed by atoms with E-state index in [0.29, 0.717) is 29.3 Å². The predicted molar refractivity (Wildman–Crippen MR) is 152 cm³/mol. The summed E-state index contributed by atoms with van der Waals surface area (Å²) >= 11 is 0. The van der Waals surface area contributed by atoms with Crippen LogP contribution in [0.2, 0.25) is 0 Å². The third kappa shape index (κ3) is 6.26. The maximum atomic E-state index is 15.1. The Hall–Kier alpha value is -5.43. The molecule has 2 aromatic carbocycles. The molecule has 3 aromatic heterocycles. The van der Waals surface area contributed by atoms with Crippen LogP contribution in [0.15, 0.2) is 71.8 Å². The van der Waals surface area contributed by atoms with Crippen LogP contribution in [0.1, 0.15) is 16.1 Å². The van der Waals surface area contributed by atoms with Crippen LogP contribution in [-0.4, -0.2) is 52.9 Å². The molecule has 5 aromatic rings. The second-order valence-corrected chi connectivity index (χ2v) is 9.09. The van der Waals surface area contributed by atoms with Gasteiger partial charge in [-0.25, -0.2) is 18.7 Å². The lowest BCUT2D eigenvalue weighted by Gasteiger charge is -2.13. The number of aryl methyl sites for hydroxylation is 1. The molecule has 11 nitrogen and oxygen atoms in total. The lowest BCUT2D eigenvalue weighted by atomic mass is 10.2. The Labute approximate surface area is 243 Å². The van der Waals surface area contributed by atoms with Gasteiger partial charge in [-0.1, -0.05) is 0 Å². The first kappa shape index (κ1) is 29.1. The Morgan fingerprint density at radius 1 is 0.930 bits per heavy atom. The van der Waals surface area contributed by atoms with Crippen molar-refractivity contribution in [1.82, 2.24) is 19.5 Å². The topological polar surface area (TPSA) is 127 Å². The monoisotopic (exact) mass is 589 g/mol. The number of methoxy groups -OCH3 is 2. The number of ether oxygens (including phenoxy) is 4. The molecule has 1 N–H and O–H groups in total. The van der Waals surface area contributed by atoms with Crippen LogP contribution in [0.5, 0.6) is 23.3 Å². The Balaban J connectivity index is 1.37. The lowest BCUT2D eigenvalue weighted by molar-refractivity contribution is 0.102. The first-order valence-corrected chi connectivity index (χ1v) is 12.9. The van der Waals surface area contributed by atoms with Gasteiger partial charge in [-0.05, 0) is 55.5 Å². The molecule has 43 heavy (non-hydrogen) atoms. The van der Waals surface area contributed by atoms with Gasteiger partial charge in [0.25, 0.3) is 17.3 Å². The average Bonchev–Trinajstić information content (AvgIpc) is 2.99. The number of anilines is 1. The standard InChI is InChI=1S/C30H25F2N5O6/c1-17-4-10-21(30(39)37(17)20-8-5-18(31)6-9-20)27(38)35-19-7-11-24(22(32)14-19)43-29-26-23(33-16-34-29)15-25(28(36-26)41-3)42-13-12-40-2/h4-11,14-16H,12-13H2,1-3H3,(H,35,38). The molecule has 0 aliphatic heterocycles. The van der Waals surface area contributed by atoms with Gasteiger partial charge in [0.15, 0.2) is 22.8 Å². The number of hydrogen-bond donors (Lipinski definition) is 1. The quantitative estimate of drug-likeness (QED) is 0.228. The number of pyridine rings is 2. The highest BCUT2D eigenvalue weighted by Gasteiger charge is 2.18. The number of halogens is 2. The van der Waals surface area contributed by atoms with Gasteiger partial charge in [-0.3, -0.25) is 14.2 Å². The summed E-state index contributed by atoms with van der Waals surface area (Å²) in [6.45, 7) is 2.30. The second kappa shape index (κ2) is 12.6. The molecule has 0 atom stereocenters. The van der Waals surface area contributed by atoms with E-state index in [9.17, 15) is 14.0 Å². The van der Waals surface area contributed by atoms with Crippen molar-refractivity contribution in [2.45, 2.75) is 6.92 Å². The van der Waals surface area contributed by atoms with E-state index in [0.717, 1.165) is 6.07 Å². The third-order valence-electron chi connectivity index (χ3n) is 6.25. The normalized spacial score (nSPS) is 10.9. The molecule has 0 fully saturated rings. The first-order valence-electron chi connectivity index (χ1n) is 12.9. The number of carbonyl (C=O) groups is 1. The number of nitrogens with zero attached hydrogens (tertiary/aromatic N) is 4. The van der Waals surface area contributed by atoms with E-state index in [1.165, 1.54) is 60.5 Å². The molecule has 0 bridgehead atoms. The Morgan fingerprint density at radius 3 is 2.44 bits per heavy atom. The minimum Gasteiger partial charge on any atom is -0.485 e. The number of aromatic nitrogens is 4. The SMILES string of the molecule is COCCOc1cc2ncnc(Oc3ccc(NC(=O)c4ccc(C)n(-c5ccc(F)cc5)c4=O)cc3F)c2nc1OC. The summed E-state index contributed by atoms with van der Waals surface area (Å²) in [5.74, 6) is -1.78. The van der Waals surface area contributed by atoms with E-state index in [2.05, 4.69) is 20.3 Å². The number of carbonyl (C=O) groups excluding carboxylic acids is 1. The van der Waals surface area contributed by atoms with Gasteiger partial charge in [-0.2, -0.15) is 4.98 Å². The van der Waals surface area contributed by atoms with Crippen molar-refractivity contribution in [3.63, 3.8) is 0 Å². The minimum absolute atomic E-state index is 0.0385. The van der Waals surface area contributed by atoms with Gasteiger partial charge in [0, 0.05) is 36.3 Å². The molecule has 3 heterocycles. The van der Waals surface area contributed by atoms with Crippen LogP contribution < -0.4 is 25.1 Å². The third-order valence-corrected chi connectivity index (χ3v) is 6.25. The Bertz CT molecular complexity index is 1860. The first-order chi connectivity index (χ1) is 20.8. The minimum atomic E-state index is -0.816. The van der Waals surface area contributed by atoms with Gasteiger partial charge in [0.05, 0.1) is 13.7 Å². The van der Waals surface area contributed by atoms with Crippen LogP contribution in [-0.2, 0) is 4.74 Å². The highest BCUT2D eigenvalue weighted by atomic mass is 19.1. The molecular formula is C30H25F2N5O6. The maximum Gasteiger partial charge on any atom is 0.268 e. The summed E-state index contributed by atoms with van der Waals surface area (Å²) in [6, 6.07) is 13.6. The molecule has 220 valence electrons. The zero-order chi connectivity index (χ0) is 30.5. The fraction of sp³-hybridized carbons (Fsp3) is 0.167. The summed E-state index contributed by atoms with van der Waals surface area (Å²) in [4.78, 5) is 38.8. The van der Waals surface area contributed by atoms with Crippen molar-refractivity contribution in [2.75, 3.05) is 32.8 Å². The number of amides is 1. The molecule has 0 unspecified atom stereocenters. The van der Waals surface area contributed by atoms with E-state index in [-0.39, 0.29) is 40.9 Å². The van der Waals surface area contributed by atoms with Crippen molar-refractivity contribution in [3.05, 3.63) is 100 Å². The average molecular weight is 590 g/mol. The molecule has 13 heteroatoms. The number of nitrogens with one attached hydrogen (secondary N) is 1. The van der Waals surface area contributed by atoms with Crippen molar-refractivity contribution in [2.24, 2.45) is 0 Å². The summed E-state index contributed by atoms with van der Waals surface area (Å²) in [5.41, 5.74) is 0.779. The van der Waals surface area contributed by atoms with Gasteiger partial charge >= 0.3 is 0 Å². The summed E-state index contributed by atoms with van der Waals surface area (Å²) in [6.07, 6.45) is 1.23. The zero-order valence-corrected chi connectivity index (χ0v) is 23.3. The number of hydrogen-bond acceptors (Lipinski definition) is 9. The summed E-state index contributed by atoms with van der Waals surface area (Å²) < 4.78 is 51.5. The fourth-order valence-electron chi connectivity index (χ4n) is 4.17. The van der Waals surface area contributed by atoms with E-state index in [4.69, 9.17) is 18.9 Å². The van der Waals surface area contributed by atoms with Crippen LogP contribution in [0, 0.1) is 18.6 Å². The van der Waals surface area contributed by atoms with Crippen molar-refractivity contribution >= 4 is 22.6 Å². The Morgan fingerprint density at radius 2 is 1.72 bits per heavy atom. The number of benzene rings is 2. The van der Waals surface area contributed by atoms with Gasteiger partial charge in [-0.15, -0.1) is 0 Å². The zero-order valence-electron chi connectivity index (χ0n) is 23.3. The summed E-state index contributed by atoms with van der Waals surface area (Å²) in [7, 11) is 2.97. The second-order valence-electron chi connectivity index (χ2n) is 9.09. The molecule has 0 saturated heterocycles. The maximum absolute atomic E-state index is 15.1. The lowest BCUT2D eigenvalue weighted by Crippen LogP contribution is -2.29. The van der Waals surface area contributed by atoms with Gasteiger partial charge in [0.2, 0.25) is 5.88 Å². The fourth-order valence-corrected chi connectivity index (χ4v) is 4.17. The van der Waals surface area contributed by atoms with E-state index < -0.39 is 23.1 Å². The van der Waals surface area contributed by atoms with Gasteiger partial charge in [0.1, 0.15) is 29.8 Å². The molecule has 0 aliphatic rings. The highest BCUT2D eigenvalue weighted by Crippen LogP contribution is 2.34. The van der Waals surface area contributed by atoms with Crippen molar-refractivity contribution in [3.8, 4) is 28.9 Å². The molecule has 0 saturated carbocycles. The van der Waals surface area contributed by atoms with Gasteiger partial charge < -0.3 is 24.3 Å². The predicted octanol–water partition coefficient (Wildman–Crippen LogP) is 4.84. The molecule has 0 radical (unpaired) electrons. The van der Waals surface area contributed by atoms with Crippen LogP contribution in [0.3, 0.4) is 0 Å². The number of rotatable bonds is 10. The molecule has 1 amide bonds.